The van der Waals surface area contributed by atoms with Gasteiger partial charge in [0.15, 0.2) is 0 Å². The summed E-state index contributed by atoms with van der Waals surface area (Å²) >= 11 is 0. The van der Waals surface area contributed by atoms with Gasteiger partial charge in [0.1, 0.15) is 11.4 Å². The minimum absolute atomic E-state index is 0.0751. The first-order valence-corrected chi connectivity index (χ1v) is 8.34. The third-order valence-electron chi connectivity index (χ3n) is 4.98. The summed E-state index contributed by atoms with van der Waals surface area (Å²) < 4.78 is 18.7. The molecule has 1 fully saturated rings. The largest absolute Gasteiger partial charge is 0.479 e. The summed E-state index contributed by atoms with van der Waals surface area (Å²) in [6, 6.07) is 5.05. The highest BCUT2D eigenvalue weighted by atomic mass is 19.1. The van der Waals surface area contributed by atoms with Crippen molar-refractivity contribution in [3.8, 4) is 0 Å². The first-order valence-electron chi connectivity index (χ1n) is 8.34. The van der Waals surface area contributed by atoms with Gasteiger partial charge in [-0.25, -0.2) is 9.18 Å². The molecule has 142 valence electrons. The lowest BCUT2D eigenvalue weighted by Gasteiger charge is -2.58. The summed E-state index contributed by atoms with van der Waals surface area (Å²) in [7, 11) is 0. The van der Waals surface area contributed by atoms with Gasteiger partial charge in [0.2, 0.25) is 5.91 Å². The molecule has 1 aromatic rings. The molecule has 2 unspecified atom stereocenters. The van der Waals surface area contributed by atoms with Crippen LogP contribution in [0.1, 0.15) is 37.6 Å². The Kier molecular flexibility index (Phi) is 5.65. The van der Waals surface area contributed by atoms with E-state index in [0.29, 0.717) is 6.61 Å². The molecule has 2 rings (SSSR count). The number of hydrogen-bond acceptors (Lipinski definition) is 4. The second kappa shape index (κ2) is 7.41. The van der Waals surface area contributed by atoms with Gasteiger partial charge in [-0.05, 0) is 25.1 Å². The quantitative estimate of drug-likeness (QED) is 0.675. The van der Waals surface area contributed by atoms with Crippen molar-refractivity contribution >= 4 is 17.8 Å². The molecule has 0 saturated heterocycles. The second-order valence-corrected chi connectivity index (χ2v) is 6.82. The van der Waals surface area contributed by atoms with Gasteiger partial charge in [-0.3, -0.25) is 9.59 Å². The Balaban J connectivity index is 1.99. The van der Waals surface area contributed by atoms with E-state index < -0.39 is 41.1 Å². The van der Waals surface area contributed by atoms with Crippen molar-refractivity contribution in [2.75, 3.05) is 13.2 Å². The lowest BCUT2D eigenvalue weighted by Crippen LogP contribution is -2.76. The fourth-order valence-corrected chi connectivity index (χ4v) is 3.21. The minimum atomic E-state index is -1.46. The predicted molar refractivity (Wildman–Crippen MR) is 91.1 cm³/mol. The molecule has 7 nitrogen and oxygen atoms in total. The topological polar surface area (TPSA) is 105 Å². The molecular formula is C18H23FN2O5. The average Bonchev–Trinajstić information content (AvgIpc) is 2.58. The van der Waals surface area contributed by atoms with Crippen LogP contribution in [0.3, 0.4) is 0 Å². The number of carboxylic acids is 1. The number of nitrogens with one attached hydrogen (secondary N) is 2. The van der Waals surface area contributed by atoms with E-state index in [2.05, 4.69) is 10.6 Å². The number of carbonyl (C=O) groups is 3. The molecule has 0 heterocycles. The van der Waals surface area contributed by atoms with Crippen molar-refractivity contribution in [3.63, 3.8) is 0 Å². The van der Waals surface area contributed by atoms with Crippen molar-refractivity contribution in [3.05, 3.63) is 35.6 Å². The SMILES string of the molecule is CCOC1CC(NC(=O)CNC(=O)c2cccc(F)c2)(C(=O)O)C1(C)C. The van der Waals surface area contributed by atoms with Crippen LogP contribution in [0.25, 0.3) is 0 Å². The van der Waals surface area contributed by atoms with Crippen LogP contribution in [0.15, 0.2) is 24.3 Å². The van der Waals surface area contributed by atoms with Gasteiger partial charge < -0.3 is 20.5 Å². The molecule has 1 aliphatic carbocycles. The highest BCUT2D eigenvalue weighted by Gasteiger charge is 2.66. The van der Waals surface area contributed by atoms with Crippen molar-refractivity contribution in [1.29, 1.82) is 0 Å². The van der Waals surface area contributed by atoms with E-state index in [9.17, 15) is 23.9 Å². The molecule has 0 aliphatic heterocycles. The van der Waals surface area contributed by atoms with E-state index in [4.69, 9.17) is 4.74 Å². The number of amides is 2. The first-order chi connectivity index (χ1) is 12.1. The van der Waals surface area contributed by atoms with Gasteiger partial charge in [0.05, 0.1) is 12.6 Å². The predicted octanol–water partition coefficient (Wildman–Crippen LogP) is 1.33. The zero-order valence-corrected chi connectivity index (χ0v) is 15.0. The summed E-state index contributed by atoms with van der Waals surface area (Å²) in [5.74, 6) is -2.97. The Morgan fingerprint density at radius 3 is 2.58 bits per heavy atom. The van der Waals surface area contributed by atoms with E-state index in [0.717, 1.165) is 6.07 Å². The molecule has 1 saturated carbocycles. The Morgan fingerprint density at radius 2 is 2.04 bits per heavy atom. The molecular weight excluding hydrogens is 343 g/mol. The van der Waals surface area contributed by atoms with E-state index in [-0.39, 0.29) is 18.1 Å². The number of benzene rings is 1. The van der Waals surface area contributed by atoms with E-state index >= 15 is 0 Å². The molecule has 0 spiro atoms. The number of aliphatic carboxylic acids is 1. The molecule has 0 radical (unpaired) electrons. The molecule has 0 aromatic heterocycles. The zero-order valence-electron chi connectivity index (χ0n) is 15.0. The van der Waals surface area contributed by atoms with E-state index in [1.165, 1.54) is 18.2 Å². The van der Waals surface area contributed by atoms with Crippen molar-refractivity contribution < 1.29 is 28.6 Å². The maximum Gasteiger partial charge on any atom is 0.330 e. The Hall–Kier alpha value is -2.48. The van der Waals surface area contributed by atoms with Gasteiger partial charge >= 0.3 is 5.97 Å². The second-order valence-electron chi connectivity index (χ2n) is 6.82. The summed E-state index contributed by atoms with van der Waals surface area (Å²) in [4.78, 5) is 36.0. The summed E-state index contributed by atoms with van der Waals surface area (Å²) in [6.45, 7) is 5.28. The van der Waals surface area contributed by atoms with E-state index in [1.807, 2.05) is 6.92 Å². The Bertz CT molecular complexity index is 721. The molecule has 26 heavy (non-hydrogen) atoms. The molecule has 0 bridgehead atoms. The molecule has 8 heteroatoms. The summed E-state index contributed by atoms with van der Waals surface area (Å²) in [5, 5.41) is 14.5. The lowest BCUT2D eigenvalue weighted by molar-refractivity contribution is -0.194. The average molecular weight is 366 g/mol. The number of rotatable bonds is 7. The van der Waals surface area contributed by atoms with Gasteiger partial charge in [-0.2, -0.15) is 0 Å². The van der Waals surface area contributed by atoms with Crippen LogP contribution in [0, 0.1) is 11.2 Å². The zero-order chi connectivity index (χ0) is 19.5. The summed E-state index contributed by atoms with van der Waals surface area (Å²) in [6.07, 6.45) is -0.141. The first kappa shape index (κ1) is 19.8. The monoisotopic (exact) mass is 366 g/mol. The highest BCUT2D eigenvalue weighted by Crippen LogP contribution is 2.51. The number of carbonyl (C=O) groups excluding carboxylic acids is 2. The summed E-state index contributed by atoms with van der Waals surface area (Å²) in [5.41, 5.74) is -2.20. The molecule has 1 aliphatic rings. The maximum atomic E-state index is 13.1. The third-order valence-corrected chi connectivity index (χ3v) is 4.98. The fraction of sp³-hybridized carbons (Fsp3) is 0.500. The molecule has 2 atom stereocenters. The molecule has 2 amide bonds. The normalized spacial score (nSPS) is 23.6. The van der Waals surface area contributed by atoms with Crippen LogP contribution in [0.5, 0.6) is 0 Å². The highest BCUT2D eigenvalue weighted by molar-refractivity contribution is 5.97. The van der Waals surface area contributed by atoms with Crippen LogP contribution in [0.2, 0.25) is 0 Å². The van der Waals surface area contributed by atoms with Crippen molar-refractivity contribution in [1.82, 2.24) is 10.6 Å². The fourth-order valence-electron chi connectivity index (χ4n) is 3.21. The number of carboxylic acid groups (broad SMARTS) is 1. The number of hydrogen-bond donors (Lipinski definition) is 3. The standard InChI is InChI=1S/C18H23FN2O5/c1-4-26-13-9-18(16(24)25,17(13,2)3)21-14(22)10-20-15(23)11-6-5-7-12(19)8-11/h5-8,13H,4,9-10H2,1-3H3,(H,20,23)(H,21,22)(H,24,25). The number of halogens is 1. The van der Waals surface area contributed by atoms with Crippen LogP contribution in [-0.2, 0) is 14.3 Å². The Morgan fingerprint density at radius 1 is 1.35 bits per heavy atom. The van der Waals surface area contributed by atoms with E-state index in [1.54, 1.807) is 13.8 Å². The van der Waals surface area contributed by atoms with Crippen molar-refractivity contribution in [2.24, 2.45) is 5.41 Å². The van der Waals surface area contributed by atoms with Crippen LogP contribution >= 0.6 is 0 Å². The van der Waals surface area contributed by atoms with Crippen LogP contribution < -0.4 is 10.6 Å². The van der Waals surface area contributed by atoms with Gasteiger partial charge in [-0.15, -0.1) is 0 Å². The van der Waals surface area contributed by atoms with Crippen LogP contribution in [0.4, 0.5) is 4.39 Å². The number of ether oxygens (including phenoxy) is 1. The van der Waals surface area contributed by atoms with Crippen LogP contribution in [-0.4, -0.2) is 47.7 Å². The Labute approximate surface area is 150 Å². The van der Waals surface area contributed by atoms with Gasteiger partial charge in [-0.1, -0.05) is 19.9 Å². The van der Waals surface area contributed by atoms with Gasteiger partial charge in [0.25, 0.3) is 5.91 Å². The smallest absolute Gasteiger partial charge is 0.330 e. The maximum absolute atomic E-state index is 13.1. The van der Waals surface area contributed by atoms with Crippen molar-refractivity contribution in [2.45, 2.75) is 38.8 Å². The molecule has 1 aromatic carbocycles. The molecule has 3 N–H and O–H groups in total. The third kappa shape index (κ3) is 3.55. The minimum Gasteiger partial charge on any atom is -0.479 e. The van der Waals surface area contributed by atoms with Gasteiger partial charge in [0, 0.05) is 24.0 Å². The lowest BCUT2D eigenvalue weighted by atomic mass is 9.54.